The van der Waals surface area contributed by atoms with Gasteiger partial charge in [-0.1, -0.05) is 37.3 Å². The predicted octanol–water partition coefficient (Wildman–Crippen LogP) is 2.22. The fourth-order valence-corrected chi connectivity index (χ4v) is 1.44. The molecule has 1 aromatic rings. The minimum atomic E-state index is 0.688. The van der Waals surface area contributed by atoms with Crippen LogP contribution >= 0.6 is 0 Å². The van der Waals surface area contributed by atoms with E-state index in [1.807, 2.05) is 6.07 Å². The average molecular weight is 237 g/mol. The molecule has 0 unspecified atom stereocenters. The first-order chi connectivity index (χ1) is 8.43. The third kappa shape index (κ3) is 7.91. The van der Waals surface area contributed by atoms with Gasteiger partial charge in [0.2, 0.25) is 0 Å². The molecule has 0 bridgehead atoms. The van der Waals surface area contributed by atoms with E-state index in [-0.39, 0.29) is 0 Å². The molecule has 17 heavy (non-hydrogen) atoms. The Morgan fingerprint density at radius 3 is 2.35 bits per heavy atom. The van der Waals surface area contributed by atoms with E-state index in [9.17, 15) is 0 Å². The molecular formula is C14H23NO2. The van der Waals surface area contributed by atoms with Crippen molar-refractivity contribution in [2.45, 2.75) is 19.9 Å². The summed E-state index contributed by atoms with van der Waals surface area (Å²) in [4.78, 5) is 0. The second-order valence-corrected chi connectivity index (χ2v) is 3.89. The standard InChI is InChI=1S/C14H23NO2/c1-2-9-16-11-12-17-10-8-15-13-14-6-4-3-5-7-14/h3-7,15H,2,8-13H2,1H3. The Bertz CT molecular complexity index is 264. The third-order valence-corrected chi connectivity index (χ3v) is 2.32. The van der Waals surface area contributed by atoms with E-state index in [2.05, 4.69) is 36.5 Å². The first-order valence-electron chi connectivity index (χ1n) is 6.33. The van der Waals surface area contributed by atoms with Gasteiger partial charge in [-0.25, -0.2) is 0 Å². The molecule has 1 rings (SSSR count). The summed E-state index contributed by atoms with van der Waals surface area (Å²) in [6.45, 7) is 6.84. The molecule has 0 fully saturated rings. The monoisotopic (exact) mass is 237 g/mol. The summed E-state index contributed by atoms with van der Waals surface area (Å²) in [6, 6.07) is 10.4. The van der Waals surface area contributed by atoms with Crippen LogP contribution in [0.4, 0.5) is 0 Å². The quantitative estimate of drug-likeness (QED) is 0.633. The van der Waals surface area contributed by atoms with Crippen molar-refractivity contribution in [3.63, 3.8) is 0 Å². The zero-order valence-electron chi connectivity index (χ0n) is 10.7. The van der Waals surface area contributed by atoms with Crippen molar-refractivity contribution in [3.8, 4) is 0 Å². The van der Waals surface area contributed by atoms with Crippen molar-refractivity contribution in [2.24, 2.45) is 0 Å². The molecule has 0 amide bonds. The molecule has 3 nitrogen and oxygen atoms in total. The summed E-state index contributed by atoms with van der Waals surface area (Å²) >= 11 is 0. The van der Waals surface area contributed by atoms with Gasteiger partial charge in [0.15, 0.2) is 0 Å². The Morgan fingerprint density at radius 2 is 1.65 bits per heavy atom. The lowest BCUT2D eigenvalue weighted by Crippen LogP contribution is -2.20. The van der Waals surface area contributed by atoms with Crippen molar-refractivity contribution in [1.82, 2.24) is 5.32 Å². The zero-order valence-corrected chi connectivity index (χ0v) is 10.7. The summed E-state index contributed by atoms with van der Waals surface area (Å²) in [5, 5.41) is 3.34. The number of nitrogens with one attached hydrogen (secondary N) is 1. The zero-order chi connectivity index (χ0) is 12.2. The van der Waals surface area contributed by atoms with Gasteiger partial charge >= 0.3 is 0 Å². The van der Waals surface area contributed by atoms with Gasteiger partial charge in [0.25, 0.3) is 0 Å². The Hall–Kier alpha value is -0.900. The highest BCUT2D eigenvalue weighted by Crippen LogP contribution is 1.96. The summed E-state index contributed by atoms with van der Waals surface area (Å²) in [5.41, 5.74) is 1.30. The van der Waals surface area contributed by atoms with E-state index in [1.54, 1.807) is 0 Å². The Kier molecular flexibility index (Phi) is 8.55. The van der Waals surface area contributed by atoms with Crippen LogP contribution in [-0.2, 0) is 16.0 Å². The van der Waals surface area contributed by atoms with Gasteiger partial charge in [0.05, 0.1) is 19.8 Å². The second kappa shape index (κ2) is 10.3. The summed E-state index contributed by atoms with van der Waals surface area (Å²) < 4.78 is 10.7. The number of hydrogen-bond donors (Lipinski definition) is 1. The van der Waals surface area contributed by atoms with Crippen LogP contribution in [0.15, 0.2) is 30.3 Å². The minimum Gasteiger partial charge on any atom is -0.379 e. The maximum Gasteiger partial charge on any atom is 0.0701 e. The molecule has 3 heteroatoms. The van der Waals surface area contributed by atoms with Crippen LogP contribution in [0.3, 0.4) is 0 Å². The second-order valence-electron chi connectivity index (χ2n) is 3.89. The lowest BCUT2D eigenvalue weighted by molar-refractivity contribution is 0.0490. The number of benzene rings is 1. The largest absolute Gasteiger partial charge is 0.379 e. The molecule has 1 aromatic carbocycles. The lowest BCUT2D eigenvalue weighted by atomic mass is 10.2. The molecule has 0 heterocycles. The van der Waals surface area contributed by atoms with Crippen molar-refractivity contribution >= 4 is 0 Å². The average Bonchev–Trinajstić information content (AvgIpc) is 2.38. The third-order valence-electron chi connectivity index (χ3n) is 2.32. The fourth-order valence-electron chi connectivity index (χ4n) is 1.44. The van der Waals surface area contributed by atoms with E-state index in [0.29, 0.717) is 13.2 Å². The normalized spacial score (nSPS) is 10.6. The Morgan fingerprint density at radius 1 is 0.941 bits per heavy atom. The highest BCUT2D eigenvalue weighted by molar-refractivity contribution is 5.14. The smallest absolute Gasteiger partial charge is 0.0701 e. The minimum absolute atomic E-state index is 0.688. The van der Waals surface area contributed by atoms with Crippen LogP contribution in [0.1, 0.15) is 18.9 Å². The number of ether oxygens (including phenoxy) is 2. The van der Waals surface area contributed by atoms with Crippen molar-refractivity contribution in [2.75, 3.05) is 33.0 Å². The predicted molar refractivity (Wildman–Crippen MR) is 70.1 cm³/mol. The molecule has 0 saturated heterocycles. The lowest BCUT2D eigenvalue weighted by Gasteiger charge is -2.06. The molecule has 96 valence electrons. The molecule has 0 aliphatic heterocycles. The van der Waals surface area contributed by atoms with Gasteiger partial charge < -0.3 is 14.8 Å². The Balaban J connectivity index is 1.85. The van der Waals surface area contributed by atoms with Crippen LogP contribution in [0.5, 0.6) is 0 Å². The van der Waals surface area contributed by atoms with Crippen LogP contribution in [0.2, 0.25) is 0 Å². The molecular weight excluding hydrogens is 214 g/mol. The topological polar surface area (TPSA) is 30.5 Å². The fraction of sp³-hybridized carbons (Fsp3) is 0.571. The van der Waals surface area contributed by atoms with Gasteiger partial charge in [-0.2, -0.15) is 0 Å². The molecule has 0 aromatic heterocycles. The molecule has 1 N–H and O–H groups in total. The first kappa shape index (κ1) is 14.2. The number of hydrogen-bond acceptors (Lipinski definition) is 3. The van der Waals surface area contributed by atoms with Crippen molar-refractivity contribution < 1.29 is 9.47 Å². The molecule has 0 atom stereocenters. The van der Waals surface area contributed by atoms with Gasteiger partial charge in [-0.3, -0.25) is 0 Å². The first-order valence-corrected chi connectivity index (χ1v) is 6.33. The molecule has 0 radical (unpaired) electrons. The van der Waals surface area contributed by atoms with E-state index in [0.717, 1.165) is 32.7 Å². The highest BCUT2D eigenvalue weighted by atomic mass is 16.5. The SMILES string of the molecule is CCCOCCOCCNCc1ccccc1. The van der Waals surface area contributed by atoms with E-state index >= 15 is 0 Å². The summed E-state index contributed by atoms with van der Waals surface area (Å²) in [6.07, 6.45) is 1.07. The van der Waals surface area contributed by atoms with Crippen LogP contribution < -0.4 is 5.32 Å². The van der Waals surface area contributed by atoms with Crippen LogP contribution in [0.25, 0.3) is 0 Å². The van der Waals surface area contributed by atoms with Gasteiger partial charge in [0, 0.05) is 19.7 Å². The van der Waals surface area contributed by atoms with Crippen LogP contribution in [-0.4, -0.2) is 33.0 Å². The van der Waals surface area contributed by atoms with E-state index in [4.69, 9.17) is 9.47 Å². The van der Waals surface area contributed by atoms with Gasteiger partial charge in [0.1, 0.15) is 0 Å². The van der Waals surface area contributed by atoms with Crippen molar-refractivity contribution in [1.29, 1.82) is 0 Å². The Labute approximate surface area is 104 Å². The maximum atomic E-state index is 5.43. The highest BCUT2D eigenvalue weighted by Gasteiger charge is 1.91. The summed E-state index contributed by atoms with van der Waals surface area (Å²) in [7, 11) is 0. The van der Waals surface area contributed by atoms with E-state index in [1.165, 1.54) is 5.56 Å². The maximum absolute atomic E-state index is 5.43. The number of rotatable bonds is 10. The van der Waals surface area contributed by atoms with Crippen LogP contribution in [0, 0.1) is 0 Å². The molecule has 0 spiro atoms. The van der Waals surface area contributed by atoms with Gasteiger partial charge in [-0.15, -0.1) is 0 Å². The van der Waals surface area contributed by atoms with Crippen molar-refractivity contribution in [3.05, 3.63) is 35.9 Å². The molecule has 0 aliphatic carbocycles. The van der Waals surface area contributed by atoms with Gasteiger partial charge in [-0.05, 0) is 12.0 Å². The molecule has 0 saturated carbocycles. The summed E-state index contributed by atoms with van der Waals surface area (Å²) in [5.74, 6) is 0. The molecule has 0 aliphatic rings. The van der Waals surface area contributed by atoms with E-state index < -0.39 is 0 Å².